The normalized spacial score (nSPS) is 21.7. The third-order valence-corrected chi connectivity index (χ3v) is 31.5. The lowest BCUT2D eigenvalue weighted by Crippen LogP contribution is -2.46. The molecule has 42 heteroatoms. The second kappa shape index (κ2) is 67.5. The molecule has 9 aliphatic rings. The Kier molecular flexibility index (Phi) is 61.6. The van der Waals surface area contributed by atoms with Gasteiger partial charge in [0, 0.05) is 167 Å². The van der Waals surface area contributed by atoms with Gasteiger partial charge in [0.15, 0.2) is 0 Å². The van der Waals surface area contributed by atoms with Gasteiger partial charge in [-0.3, -0.25) is 24.5 Å². The molecule has 42 nitrogen and oxygen atoms in total. The molecular formula is C107H224N28O14. The smallest absolute Gasteiger partial charge is 0.233 e. The van der Waals surface area contributed by atoms with E-state index in [0.29, 0.717) is 72.0 Å². The van der Waals surface area contributed by atoms with E-state index in [1.54, 1.807) is 45.3 Å². The molecule has 0 bridgehead atoms. The predicted octanol–water partition coefficient (Wildman–Crippen LogP) is 22.3. The molecule has 9 rings (SSSR count). The zero-order chi connectivity index (χ0) is 113. The fourth-order valence-corrected chi connectivity index (χ4v) is 19.7. The van der Waals surface area contributed by atoms with Gasteiger partial charge in [0.1, 0.15) is 42.7 Å². The zero-order valence-corrected chi connectivity index (χ0v) is 102. The van der Waals surface area contributed by atoms with E-state index in [1.807, 2.05) is 159 Å². The van der Waals surface area contributed by atoms with Gasteiger partial charge >= 0.3 is 0 Å². The summed E-state index contributed by atoms with van der Waals surface area (Å²) in [6.07, 6.45) is 35.3. The van der Waals surface area contributed by atoms with Crippen LogP contribution in [0, 0.1) is 48.3 Å². The molecule has 149 heavy (non-hydrogen) atoms. The molecule has 0 aromatic carbocycles. The zero-order valence-electron chi connectivity index (χ0n) is 102. The maximum Gasteiger partial charge on any atom is 0.233 e. The molecule has 7 saturated heterocycles. The van der Waals surface area contributed by atoms with Crippen LogP contribution < -0.4 is 0 Å². The highest BCUT2D eigenvalue weighted by Gasteiger charge is 2.40. The first kappa shape index (κ1) is 136. The van der Waals surface area contributed by atoms with Gasteiger partial charge < -0.3 is 80.1 Å². The Morgan fingerprint density at radius 1 is 0.255 bits per heavy atom. The van der Waals surface area contributed by atoms with Crippen molar-refractivity contribution in [1.82, 2.24) is 69.4 Å². The second-order valence-corrected chi connectivity index (χ2v) is 49.6. The fraction of sp³-hybridized carbons (Fsp3) is 1.00. The van der Waals surface area contributed by atoms with Crippen molar-refractivity contribution in [3.63, 3.8) is 0 Å². The first-order valence-corrected chi connectivity index (χ1v) is 58.0. The van der Waals surface area contributed by atoms with Crippen molar-refractivity contribution in [2.75, 3.05) is 153 Å². The van der Waals surface area contributed by atoms with E-state index in [0.717, 1.165) is 187 Å². The summed E-state index contributed by atoms with van der Waals surface area (Å²) >= 11 is 0. The van der Waals surface area contributed by atoms with Gasteiger partial charge in [0.25, 0.3) is 0 Å². The van der Waals surface area contributed by atoms with Gasteiger partial charge in [-0.2, -0.15) is 0 Å². The molecule has 0 N–H and O–H groups in total. The van der Waals surface area contributed by atoms with Crippen LogP contribution in [-0.2, 0) is 33.9 Å². The number of nitrogens with zero attached hydrogens (tertiary/aromatic N) is 28. The van der Waals surface area contributed by atoms with Crippen LogP contribution >= 0.6 is 0 Å². The van der Waals surface area contributed by atoms with Gasteiger partial charge in [0.2, 0.25) is 36.9 Å². The van der Waals surface area contributed by atoms with Crippen LogP contribution in [0.25, 0.3) is 0 Å². The largest absolute Gasteiger partial charge is 0.569 e. The van der Waals surface area contributed by atoms with E-state index in [2.05, 4.69) is 140 Å². The lowest BCUT2D eigenvalue weighted by atomic mass is 9.94. The molecule has 7 heterocycles. The Hall–Kier alpha value is -7.28. The van der Waals surface area contributed by atoms with Gasteiger partial charge in [0.05, 0.1) is 122 Å². The molecule has 0 unspecified atom stereocenters. The van der Waals surface area contributed by atoms with Crippen molar-refractivity contribution in [3.8, 4) is 0 Å². The summed E-state index contributed by atoms with van der Waals surface area (Å²) < 4.78 is 0. The molecule has 5 atom stereocenters. The number of likely N-dealkylation sites (tertiary alicyclic amines) is 7. The quantitative estimate of drug-likeness (QED) is 0.0310. The monoisotopic (exact) mass is 2130 g/mol. The lowest BCUT2D eigenvalue weighted by molar-refractivity contribution is -0.725. The highest BCUT2D eigenvalue weighted by Crippen LogP contribution is 2.33. The average Bonchev–Trinajstić information content (AvgIpc) is 1.25. The van der Waals surface area contributed by atoms with E-state index >= 15 is 0 Å². The Morgan fingerprint density at radius 2 is 0.490 bits per heavy atom. The van der Waals surface area contributed by atoms with Crippen LogP contribution in [-0.4, -0.2) is 369 Å². The van der Waals surface area contributed by atoms with E-state index in [-0.39, 0.29) is 81.5 Å². The molecule has 0 aromatic heterocycles. The number of piperidine rings is 2. The first-order chi connectivity index (χ1) is 69.7. The lowest BCUT2D eigenvalue weighted by Gasteiger charge is -2.35. The van der Waals surface area contributed by atoms with Crippen LogP contribution in [0.5, 0.6) is 0 Å². The third-order valence-electron chi connectivity index (χ3n) is 31.5. The molecule has 9 fully saturated rings. The van der Waals surface area contributed by atoms with E-state index in [1.165, 1.54) is 154 Å². The standard InChI is InChI=1S/C17H36N4O2.2C16H34N4O2.C15H30N4O2.C15H32N4O2.C14H28N4O2.C14H30N4O2/c1-7-15(8-2)14-19-12-10-16(11-13-19)23-18-21(22)20(9-3)17(4,5)6;1-7-9-14(10-8-2)19-12-11-15(13-19)22-17-20(21)18(6)16(3,4)5;1-7-14(8-2)18-12-10-15(11-13-18)22-17-20(21)19(9-3)16(4,5)6;1-15(2,3)17(4)19(20)16-21-14-10-11-18(12-14)13-8-6-5-7-9-13;1-7-13(8-2)11-18-10-9-14(12-18)21-16-19(20)17(6)15(3,4)5;1-14(2,3)16(4)18(19)15-20-13-9-10-17(11-13)12-7-5-6-8-12;1-7-12(8-2)17-10-9-13(11-17)20-15-18(19)16(6)14(3,4)5/h15-16H,7-14H2,1-6H3;2*14-15H,7-13H2,1-6H3;13-14H,5-12H2,1-4H3;13-14H,7-12H2,1-6H3;12-13H,5-11H2,1-4H3;12-13H,7-11H2,1-6H3/b21-18-;2*20-17-;2*19-16-;2*18-15-/t;15-;;2*14-;2*13-/m.1.1111/s1. The van der Waals surface area contributed by atoms with Crippen LogP contribution in [0.3, 0.4) is 0 Å². The number of rotatable bonds is 44. The van der Waals surface area contributed by atoms with E-state index < -0.39 is 0 Å². The molecule has 876 valence electrons. The predicted molar refractivity (Wildman–Crippen MR) is 590 cm³/mol. The van der Waals surface area contributed by atoms with Crippen molar-refractivity contribution < 1.29 is 68.7 Å². The first-order valence-electron chi connectivity index (χ1n) is 58.0. The second-order valence-electron chi connectivity index (χ2n) is 49.6. The Balaban J connectivity index is 0.000000446. The van der Waals surface area contributed by atoms with Crippen LogP contribution in [0.2, 0.25) is 0 Å². The van der Waals surface area contributed by atoms with Crippen molar-refractivity contribution in [2.45, 2.75) is 533 Å². The highest BCUT2D eigenvalue weighted by molar-refractivity contribution is 4.89. The van der Waals surface area contributed by atoms with Crippen molar-refractivity contribution in [1.29, 1.82) is 0 Å². The number of hydrogen-bond acceptors (Lipinski definition) is 28. The molecule has 2 aliphatic carbocycles. The summed E-state index contributed by atoms with van der Waals surface area (Å²) in [5.74, 6) is 1.54. The fourth-order valence-electron chi connectivity index (χ4n) is 19.7. The molecular weight excluding hydrogens is 1900 g/mol. The van der Waals surface area contributed by atoms with Crippen LogP contribution in [0.1, 0.15) is 421 Å². The molecule has 0 aromatic rings. The summed E-state index contributed by atoms with van der Waals surface area (Å²) in [5.41, 5.74) is -1.87. The topological polar surface area (TPSA) is 379 Å². The molecule has 0 amide bonds. The van der Waals surface area contributed by atoms with Gasteiger partial charge in [-0.05, 0) is 261 Å². The Morgan fingerprint density at radius 3 is 0.779 bits per heavy atom. The Labute approximate surface area is 904 Å². The molecule has 7 aliphatic heterocycles. The number of hydrogen-bond donors (Lipinski definition) is 0. The third kappa shape index (κ3) is 50.4. The SMILES string of the molecule is CCC(CC)CN1CCC(O/N=[N+](\[O-])N(CC)C(C)(C)C)CC1.CCC(CC)CN1CC[C@@H](O/N=[N+](\[O-])N(C)C(C)(C)C)C1.CCC(CC)N1CCC(O/N=[N+](\[O-])N(CC)C(C)(C)C)CC1.CCC(CC)N1CC[C@@H](O/N=[N+](\[O-])N(C)C(C)(C)C)C1.CCCC(CCC)N1CC[C@@H](O/N=[N+](\[O-])N(C)C(C)(C)C)C1.CN(/[N+]([O-])=N/O[C@@H]1CCN(C2CCCC2)C1)C(C)(C)C.CN(/[N+]([O-])=N/O[C@@H]1CCN(C2CCCCC2)C1)C(C)(C)C. The number of hydrazine groups is 7. The van der Waals surface area contributed by atoms with Gasteiger partial charge in [-0.1, -0.05) is 140 Å². The van der Waals surface area contributed by atoms with Crippen molar-refractivity contribution in [2.24, 2.45) is 48.8 Å². The summed E-state index contributed by atoms with van der Waals surface area (Å²) in [6, 6.07) is 3.37. The highest BCUT2D eigenvalue weighted by atomic mass is 16.7. The molecule has 2 saturated carbocycles. The minimum Gasteiger partial charge on any atom is -0.569 e. The van der Waals surface area contributed by atoms with E-state index in [4.69, 9.17) is 33.9 Å². The Bertz CT molecular complexity index is 3690. The molecule has 0 radical (unpaired) electrons. The van der Waals surface area contributed by atoms with Crippen molar-refractivity contribution in [3.05, 3.63) is 36.5 Å². The van der Waals surface area contributed by atoms with Crippen LogP contribution in [0.4, 0.5) is 0 Å². The summed E-state index contributed by atoms with van der Waals surface area (Å²) in [7, 11) is 8.60. The van der Waals surface area contributed by atoms with Crippen LogP contribution in [0.15, 0.2) is 36.9 Å². The minimum absolute atomic E-state index is 0.0282. The van der Waals surface area contributed by atoms with Gasteiger partial charge in [-0.15, -0.1) is 35.1 Å². The maximum absolute atomic E-state index is 12.1. The minimum atomic E-state index is -0.274. The van der Waals surface area contributed by atoms with Crippen molar-refractivity contribution >= 4 is 0 Å². The van der Waals surface area contributed by atoms with E-state index in [9.17, 15) is 36.5 Å². The molecule has 0 spiro atoms. The summed E-state index contributed by atoms with van der Waals surface area (Å²) in [5, 5.41) is 120. The summed E-state index contributed by atoms with van der Waals surface area (Å²) in [4.78, 5) is 59.5. The average molecular weight is 2130 g/mol. The summed E-state index contributed by atoms with van der Waals surface area (Å²) in [6.45, 7) is 85.0. The van der Waals surface area contributed by atoms with Gasteiger partial charge in [-0.25, -0.2) is 0 Å². The maximum atomic E-state index is 12.1.